The van der Waals surface area contributed by atoms with E-state index in [9.17, 15) is 5.11 Å². The predicted octanol–water partition coefficient (Wildman–Crippen LogP) is 3.66. The van der Waals surface area contributed by atoms with Gasteiger partial charge in [-0.15, -0.1) is 10.2 Å². The summed E-state index contributed by atoms with van der Waals surface area (Å²) in [5.41, 5.74) is 1.28. The molecule has 0 spiro atoms. The van der Waals surface area contributed by atoms with Crippen LogP contribution in [0.3, 0.4) is 0 Å². The van der Waals surface area contributed by atoms with Gasteiger partial charge < -0.3 is 9.52 Å². The molecule has 4 rings (SSSR count). The number of phenols is 1. The third-order valence-electron chi connectivity index (χ3n) is 3.45. The van der Waals surface area contributed by atoms with E-state index in [0.29, 0.717) is 11.5 Å². The third-order valence-corrected chi connectivity index (χ3v) is 3.45. The van der Waals surface area contributed by atoms with E-state index in [0.717, 1.165) is 16.3 Å². The van der Waals surface area contributed by atoms with Crippen molar-refractivity contribution >= 4 is 10.8 Å². The van der Waals surface area contributed by atoms with E-state index in [1.165, 1.54) is 0 Å². The van der Waals surface area contributed by atoms with Gasteiger partial charge in [-0.2, -0.15) is 0 Å². The first-order valence-corrected chi connectivity index (χ1v) is 6.78. The van der Waals surface area contributed by atoms with E-state index in [1.807, 2.05) is 36.4 Å². The number of rotatable bonds is 2. The van der Waals surface area contributed by atoms with Crippen LogP contribution in [-0.2, 0) is 0 Å². The van der Waals surface area contributed by atoms with Crippen molar-refractivity contribution in [2.75, 3.05) is 0 Å². The van der Waals surface area contributed by atoms with E-state index in [2.05, 4.69) is 15.2 Å². The van der Waals surface area contributed by atoms with Crippen molar-refractivity contribution in [1.82, 2.24) is 15.2 Å². The Labute approximate surface area is 125 Å². The molecule has 2 heterocycles. The molecule has 5 nitrogen and oxygen atoms in total. The van der Waals surface area contributed by atoms with Crippen molar-refractivity contribution in [1.29, 1.82) is 0 Å². The zero-order chi connectivity index (χ0) is 14.9. The summed E-state index contributed by atoms with van der Waals surface area (Å²) in [7, 11) is 0. The molecule has 0 aliphatic rings. The van der Waals surface area contributed by atoms with Crippen LogP contribution >= 0.6 is 0 Å². The monoisotopic (exact) mass is 289 g/mol. The Morgan fingerprint density at radius 3 is 2.59 bits per heavy atom. The minimum Gasteiger partial charge on any atom is -0.507 e. The minimum atomic E-state index is 0.111. The highest BCUT2D eigenvalue weighted by molar-refractivity contribution is 5.97. The average molecular weight is 289 g/mol. The molecule has 0 radical (unpaired) electrons. The number of aromatic hydroxyl groups is 1. The van der Waals surface area contributed by atoms with Crippen molar-refractivity contribution in [2.24, 2.45) is 0 Å². The van der Waals surface area contributed by atoms with Gasteiger partial charge in [-0.1, -0.05) is 30.3 Å². The van der Waals surface area contributed by atoms with Gasteiger partial charge in [0.15, 0.2) is 0 Å². The quantitative estimate of drug-likeness (QED) is 0.609. The molecule has 2 aromatic heterocycles. The molecule has 0 saturated heterocycles. The number of hydrogen-bond donors (Lipinski definition) is 1. The highest BCUT2D eigenvalue weighted by Gasteiger charge is 2.16. The van der Waals surface area contributed by atoms with E-state index in [4.69, 9.17) is 4.42 Å². The smallest absolute Gasteiger partial charge is 0.252 e. The van der Waals surface area contributed by atoms with Crippen LogP contribution in [0.5, 0.6) is 5.75 Å². The summed E-state index contributed by atoms with van der Waals surface area (Å²) in [6, 6.07) is 14.9. The van der Waals surface area contributed by atoms with Crippen LogP contribution in [0.25, 0.3) is 33.7 Å². The number of aromatic nitrogens is 3. The molecule has 1 N–H and O–H groups in total. The molecule has 0 aliphatic heterocycles. The van der Waals surface area contributed by atoms with Crippen molar-refractivity contribution in [3.63, 3.8) is 0 Å². The summed E-state index contributed by atoms with van der Waals surface area (Å²) < 4.78 is 5.72. The van der Waals surface area contributed by atoms with E-state index >= 15 is 0 Å². The molecule has 2 aromatic carbocycles. The fourth-order valence-corrected chi connectivity index (χ4v) is 2.41. The fourth-order valence-electron chi connectivity index (χ4n) is 2.41. The number of nitrogens with zero attached hydrogens (tertiary/aromatic N) is 3. The molecule has 106 valence electrons. The van der Waals surface area contributed by atoms with Crippen LogP contribution < -0.4 is 0 Å². The third kappa shape index (κ3) is 2.00. The molecular weight excluding hydrogens is 278 g/mol. The van der Waals surface area contributed by atoms with E-state index in [1.54, 1.807) is 24.5 Å². The van der Waals surface area contributed by atoms with Crippen LogP contribution in [0.4, 0.5) is 0 Å². The van der Waals surface area contributed by atoms with Crippen molar-refractivity contribution in [3.8, 4) is 28.7 Å². The summed E-state index contributed by atoms with van der Waals surface area (Å²) in [6.07, 6.45) is 3.33. The lowest BCUT2D eigenvalue weighted by Gasteiger charge is -2.05. The Bertz CT molecular complexity index is 948. The summed E-state index contributed by atoms with van der Waals surface area (Å²) in [6.45, 7) is 0. The number of fused-ring (bicyclic) bond motifs is 1. The second-order valence-corrected chi connectivity index (χ2v) is 4.83. The lowest BCUT2D eigenvalue weighted by molar-refractivity contribution is 0.474. The van der Waals surface area contributed by atoms with Gasteiger partial charge in [-0.05, 0) is 29.0 Å². The largest absolute Gasteiger partial charge is 0.507 e. The Balaban J connectivity index is 1.90. The lowest BCUT2D eigenvalue weighted by atomic mass is 10.0. The van der Waals surface area contributed by atoms with E-state index in [-0.39, 0.29) is 11.6 Å². The second kappa shape index (κ2) is 4.96. The number of benzene rings is 2. The molecule has 0 unspecified atom stereocenters. The summed E-state index contributed by atoms with van der Waals surface area (Å²) in [4.78, 5) is 4.03. The van der Waals surface area contributed by atoms with Crippen molar-refractivity contribution < 1.29 is 9.52 Å². The van der Waals surface area contributed by atoms with Gasteiger partial charge in [0.2, 0.25) is 5.89 Å². The Morgan fingerprint density at radius 2 is 1.73 bits per heavy atom. The van der Waals surface area contributed by atoms with Gasteiger partial charge in [0.1, 0.15) is 5.75 Å². The molecule has 0 bridgehead atoms. The fraction of sp³-hybridized carbons (Fsp3) is 0. The molecule has 5 heteroatoms. The van der Waals surface area contributed by atoms with Crippen LogP contribution in [0, 0.1) is 0 Å². The first-order valence-electron chi connectivity index (χ1n) is 6.78. The van der Waals surface area contributed by atoms with Gasteiger partial charge in [0.05, 0.1) is 11.1 Å². The van der Waals surface area contributed by atoms with Crippen molar-refractivity contribution in [3.05, 3.63) is 60.9 Å². The van der Waals surface area contributed by atoms with Crippen LogP contribution in [0.15, 0.2) is 65.3 Å². The maximum Gasteiger partial charge on any atom is 0.252 e. The highest BCUT2D eigenvalue weighted by atomic mass is 16.4. The molecule has 0 amide bonds. The molecule has 0 saturated carbocycles. The Hall–Kier alpha value is -3.21. The predicted molar refractivity (Wildman–Crippen MR) is 82.1 cm³/mol. The molecular formula is C17H11N3O2. The number of phenolic OH excluding ortho intramolecular Hbond substituents is 1. The van der Waals surface area contributed by atoms with Gasteiger partial charge in [0.25, 0.3) is 5.89 Å². The maximum atomic E-state index is 10.2. The standard InChI is InChI=1S/C17H11N3O2/c21-14-8-7-11-4-1-2-6-13(11)15(14)17-20-19-16(22-17)12-5-3-9-18-10-12/h1-10,21H. The zero-order valence-electron chi connectivity index (χ0n) is 11.5. The Kier molecular flexibility index (Phi) is 2.83. The van der Waals surface area contributed by atoms with Crippen molar-refractivity contribution in [2.45, 2.75) is 0 Å². The first-order chi connectivity index (χ1) is 10.8. The first kappa shape index (κ1) is 12.5. The average Bonchev–Trinajstić information content (AvgIpc) is 3.05. The second-order valence-electron chi connectivity index (χ2n) is 4.83. The van der Waals surface area contributed by atoms with Gasteiger partial charge >= 0.3 is 0 Å². The molecule has 0 fully saturated rings. The molecule has 0 atom stereocenters. The topological polar surface area (TPSA) is 72.0 Å². The number of pyridine rings is 1. The van der Waals surface area contributed by atoms with Gasteiger partial charge in [-0.3, -0.25) is 4.98 Å². The highest BCUT2D eigenvalue weighted by Crippen LogP contribution is 2.36. The minimum absolute atomic E-state index is 0.111. The van der Waals surface area contributed by atoms with Crippen LogP contribution in [0.1, 0.15) is 0 Å². The van der Waals surface area contributed by atoms with Crippen LogP contribution in [-0.4, -0.2) is 20.3 Å². The van der Waals surface area contributed by atoms with Gasteiger partial charge in [0, 0.05) is 12.4 Å². The van der Waals surface area contributed by atoms with E-state index < -0.39 is 0 Å². The maximum absolute atomic E-state index is 10.2. The van der Waals surface area contributed by atoms with Gasteiger partial charge in [-0.25, -0.2) is 0 Å². The molecule has 0 aliphatic carbocycles. The van der Waals surface area contributed by atoms with Crippen LogP contribution in [0.2, 0.25) is 0 Å². The Morgan fingerprint density at radius 1 is 0.864 bits per heavy atom. The zero-order valence-corrected chi connectivity index (χ0v) is 11.5. The number of hydrogen-bond acceptors (Lipinski definition) is 5. The molecule has 22 heavy (non-hydrogen) atoms. The lowest BCUT2D eigenvalue weighted by Crippen LogP contribution is -1.83. The summed E-state index contributed by atoms with van der Waals surface area (Å²) in [5.74, 6) is 0.767. The normalized spacial score (nSPS) is 10.9. The molecule has 4 aromatic rings. The SMILES string of the molecule is Oc1ccc2ccccc2c1-c1nnc(-c2cccnc2)o1. The summed E-state index contributed by atoms with van der Waals surface area (Å²) >= 11 is 0. The summed E-state index contributed by atoms with van der Waals surface area (Å²) in [5, 5.41) is 20.2.